The first kappa shape index (κ1) is 14.1. The Morgan fingerprint density at radius 2 is 1.86 bits per heavy atom. The van der Waals surface area contributed by atoms with Gasteiger partial charge >= 0.3 is 0 Å². The molecule has 22 heavy (non-hydrogen) atoms. The van der Waals surface area contributed by atoms with Crippen LogP contribution in [0.3, 0.4) is 0 Å². The Balaban J connectivity index is 2.20. The van der Waals surface area contributed by atoms with Crippen molar-refractivity contribution in [3.8, 4) is 6.07 Å². The van der Waals surface area contributed by atoms with Gasteiger partial charge < -0.3 is 4.90 Å². The standard InChI is InChI=1S/C19H16N2O/c20-12-10-16(14-22)19-18-9-5-4-6-15(18)11-13-21(19)17-7-2-1-3-8-17/h1-9,14H,10-11,13H2/b19-16-. The molecular formula is C19H16N2O. The number of hydrogen-bond donors (Lipinski definition) is 0. The molecular weight excluding hydrogens is 272 g/mol. The minimum atomic E-state index is 0.122. The van der Waals surface area contributed by atoms with E-state index in [9.17, 15) is 4.79 Å². The third kappa shape index (κ3) is 2.51. The number of nitrogens with zero attached hydrogens (tertiary/aromatic N) is 2. The number of aldehydes is 1. The Morgan fingerprint density at radius 1 is 1.14 bits per heavy atom. The zero-order chi connectivity index (χ0) is 15.4. The second-order valence-corrected chi connectivity index (χ2v) is 5.22. The topological polar surface area (TPSA) is 44.1 Å². The minimum absolute atomic E-state index is 0.122. The quantitative estimate of drug-likeness (QED) is 0.640. The molecule has 2 aromatic rings. The molecule has 3 heteroatoms. The van der Waals surface area contributed by atoms with Crippen LogP contribution in [0.4, 0.5) is 5.69 Å². The fourth-order valence-corrected chi connectivity index (χ4v) is 2.94. The van der Waals surface area contributed by atoms with E-state index in [1.165, 1.54) is 5.56 Å². The van der Waals surface area contributed by atoms with Crippen LogP contribution in [0.15, 0.2) is 60.2 Å². The predicted molar refractivity (Wildman–Crippen MR) is 87.1 cm³/mol. The molecule has 0 N–H and O–H groups in total. The Labute approximate surface area is 130 Å². The summed E-state index contributed by atoms with van der Waals surface area (Å²) in [6.07, 6.45) is 1.86. The molecule has 1 heterocycles. The van der Waals surface area contributed by atoms with Crippen LogP contribution >= 0.6 is 0 Å². The number of carbonyl (C=O) groups excluding carboxylic acids is 1. The molecule has 0 saturated carbocycles. The van der Waals surface area contributed by atoms with E-state index >= 15 is 0 Å². The highest BCUT2D eigenvalue weighted by atomic mass is 16.1. The summed E-state index contributed by atoms with van der Waals surface area (Å²) in [5, 5.41) is 9.04. The van der Waals surface area contributed by atoms with E-state index in [0.29, 0.717) is 5.57 Å². The van der Waals surface area contributed by atoms with Gasteiger partial charge in [-0.25, -0.2) is 0 Å². The number of carbonyl (C=O) groups is 1. The summed E-state index contributed by atoms with van der Waals surface area (Å²) < 4.78 is 0. The van der Waals surface area contributed by atoms with Gasteiger partial charge in [-0.15, -0.1) is 0 Å². The first-order chi connectivity index (χ1) is 10.8. The SMILES string of the molecule is N#CC/C(C=O)=C1\c2ccccc2CCN1c1ccccc1. The van der Waals surface area contributed by atoms with E-state index in [1.807, 2.05) is 48.5 Å². The van der Waals surface area contributed by atoms with E-state index in [2.05, 4.69) is 17.0 Å². The number of para-hydroxylation sites is 1. The van der Waals surface area contributed by atoms with Gasteiger partial charge in [0.05, 0.1) is 18.2 Å². The molecule has 0 aliphatic carbocycles. The highest BCUT2D eigenvalue weighted by Gasteiger charge is 2.24. The lowest BCUT2D eigenvalue weighted by Gasteiger charge is -2.34. The van der Waals surface area contributed by atoms with Crippen molar-refractivity contribution in [1.82, 2.24) is 0 Å². The van der Waals surface area contributed by atoms with Crippen LogP contribution < -0.4 is 4.90 Å². The van der Waals surface area contributed by atoms with Crippen molar-refractivity contribution in [3.63, 3.8) is 0 Å². The lowest BCUT2D eigenvalue weighted by Crippen LogP contribution is -2.30. The largest absolute Gasteiger partial charge is 0.340 e. The van der Waals surface area contributed by atoms with E-state index in [-0.39, 0.29) is 6.42 Å². The Kier molecular flexibility index (Phi) is 4.02. The summed E-state index contributed by atoms with van der Waals surface area (Å²) >= 11 is 0. The van der Waals surface area contributed by atoms with Gasteiger partial charge in [-0.05, 0) is 24.1 Å². The van der Waals surface area contributed by atoms with Crippen molar-refractivity contribution in [1.29, 1.82) is 5.26 Å². The zero-order valence-electron chi connectivity index (χ0n) is 12.2. The van der Waals surface area contributed by atoms with E-state index in [4.69, 9.17) is 5.26 Å². The predicted octanol–water partition coefficient (Wildman–Crippen LogP) is 3.57. The average Bonchev–Trinajstić information content (AvgIpc) is 2.59. The van der Waals surface area contributed by atoms with Gasteiger partial charge in [-0.2, -0.15) is 5.26 Å². The summed E-state index contributed by atoms with van der Waals surface area (Å²) in [4.78, 5) is 13.7. The third-order valence-corrected chi connectivity index (χ3v) is 3.93. The summed E-state index contributed by atoms with van der Waals surface area (Å²) in [5.74, 6) is 0. The monoisotopic (exact) mass is 288 g/mol. The Hall–Kier alpha value is -2.86. The fraction of sp³-hybridized carbons (Fsp3) is 0.158. The molecule has 0 atom stereocenters. The number of benzene rings is 2. The number of anilines is 1. The molecule has 1 aliphatic heterocycles. The maximum absolute atomic E-state index is 11.5. The minimum Gasteiger partial charge on any atom is -0.340 e. The molecule has 0 aromatic heterocycles. The molecule has 1 aliphatic rings. The molecule has 0 unspecified atom stereocenters. The molecule has 2 aromatic carbocycles. The van der Waals surface area contributed by atoms with Crippen LogP contribution in [0.5, 0.6) is 0 Å². The first-order valence-corrected chi connectivity index (χ1v) is 7.31. The number of hydrogen-bond acceptors (Lipinski definition) is 3. The first-order valence-electron chi connectivity index (χ1n) is 7.31. The van der Waals surface area contributed by atoms with Gasteiger partial charge in [0, 0.05) is 23.4 Å². The van der Waals surface area contributed by atoms with Gasteiger partial charge in [-0.1, -0.05) is 42.5 Å². The van der Waals surface area contributed by atoms with Gasteiger partial charge in [0.25, 0.3) is 0 Å². The molecule has 3 nitrogen and oxygen atoms in total. The van der Waals surface area contributed by atoms with E-state index in [1.54, 1.807) is 0 Å². The molecule has 0 radical (unpaired) electrons. The summed E-state index contributed by atoms with van der Waals surface area (Å²) in [6, 6.07) is 20.2. The normalized spacial score (nSPS) is 15.7. The summed E-state index contributed by atoms with van der Waals surface area (Å²) in [6.45, 7) is 0.805. The average molecular weight is 288 g/mol. The van der Waals surface area contributed by atoms with Crippen molar-refractivity contribution in [2.24, 2.45) is 0 Å². The van der Waals surface area contributed by atoms with Crippen LogP contribution in [0.2, 0.25) is 0 Å². The van der Waals surface area contributed by atoms with Crippen molar-refractivity contribution in [2.45, 2.75) is 12.8 Å². The summed E-state index contributed by atoms with van der Waals surface area (Å²) in [7, 11) is 0. The number of allylic oxidation sites excluding steroid dienone is 1. The van der Waals surface area contributed by atoms with Gasteiger partial charge in [-0.3, -0.25) is 4.79 Å². The molecule has 0 fully saturated rings. The summed E-state index contributed by atoms with van der Waals surface area (Å²) in [5.41, 5.74) is 4.73. The van der Waals surface area contributed by atoms with Crippen molar-refractivity contribution in [3.05, 3.63) is 71.3 Å². The van der Waals surface area contributed by atoms with Crippen LogP contribution in [0, 0.1) is 11.3 Å². The molecule has 0 spiro atoms. The van der Waals surface area contributed by atoms with Crippen molar-refractivity contribution >= 4 is 17.7 Å². The van der Waals surface area contributed by atoms with E-state index < -0.39 is 0 Å². The molecule has 3 rings (SSSR count). The Morgan fingerprint density at radius 3 is 2.59 bits per heavy atom. The van der Waals surface area contributed by atoms with Crippen LogP contribution in [-0.2, 0) is 11.2 Å². The highest BCUT2D eigenvalue weighted by molar-refractivity contribution is 5.95. The lowest BCUT2D eigenvalue weighted by atomic mass is 9.92. The van der Waals surface area contributed by atoms with Gasteiger partial charge in [0.15, 0.2) is 0 Å². The second kappa shape index (κ2) is 6.28. The van der Waals surface area contributed by atoms with E-state index in [0.717, 1.165) is 36.2 Å². The molecule has 108 valence electrons. The lowest BCUT2D eigenvalue weighted by molar-refractivity contribution is -0.104. The molecule has 0 amide bonds. The fourth-order valence-electron chi connectivity index (χ4n) is 2.94. The van der Waals surface area contributed by atoms with Crippen molar-refractivity contribution < 1.29 is 4.79 Å². The smallest absolute Gasteiger partial charge is 0.149 e. The van der Waals surface area contributed by atoms with Crippen LogP contribution in [0.1, 0.15) is 17.5 Å². The van der Waals surface area contributed by atoms with Crippen molar-refractivity contribution in [2.75, 3.05) is 11.4 Å². The number of fused-ring (bicyclic) bond motifs is 1. The highest BCUT2D eigenvalue weighted by Crippen LogP contribution is 2.35. The maximum Gasteiger partial charge on any atom is 0.149 e. The van der Waals surface area contributed by atoms with Crippen LogP contribution in [-0.4, -0.2) is 12.8 Å². The Bertz CT molecular complexity index is 757. The zero-order valence-corrected chi connectivity index (χ0v) is 12.2. The molecule has 0 bridgehead atoms. The van der Waals surface area contributed by atoms with Gasteiger partial charge in [0.2, 0.25) is 0 Å². The second-order valence-electron chi connectivity index (χ2n) is 5.22. The third-order valence-electron chi connectivity index (χ3n) is 3.93. The molecule has 0 saturated heterocycles. The number of rotatable bonds is 3. The van der Waals surface area contributed by atoms with Gasteiger partial charge in [0.1, 0.15) is 6.29 Å². The van der Waals surface area contributed by atoms with Crippen LogP contribution in [0.25, 0.3) is 5.70 Å². The maximum atomic E-state index is 11.5. The number of nitriles is 1.